The number of anilines is 1. The Bertz CT molecular complexity index is 771. The van der Waals surface area contributed by atoms with Crippen molar-refractivity contribution in [2.24, 2.45) is 0 Å². The number of sulfone groups is 1. The molecule has 0 amide bonds. The Morgan fingerprint density at radius 3 is 2.48 bits per heavy atom. The Balaban J connectivity index is 2.18. The van der Waals surface area contributed by atoms with E-state index in [1.54, 1.807) is 18.2 Å². The quantitative estimate of drug-likeness (QED) is 0.873. The van der Waals surface area contributed by atoms with Gasteiger partial charge in [-0.3, -0.25) is 0 Å². The second-order valence-corrected chi connectivity index (χ2v) is 6.83. The molecule has 0 radical (unpaired) electrons. The highest BCUT2D eigenvalue weighted by Gasteiger charge is 2.08. The fourth-order valence-electron chi connectivity index (χ4n) is 1.73. The van der Waals surface area contributed by atoms with Crippen LogP contribution >= 0.6 is 11.6 Å². The Labute approximate surface area is 127 Å². The second kappa shape index (κ2) is 6.28. The van der Waals surface area contributed by atoms with Crippen LogP contribution in [0.25, 0.3) is 6.08 Å². The maximum atomic E-state index is 12.8. The molecule has 0 spiro atoms. The topological polar surface area (TPSA) is 60.2 Å². The van der Waals surface area contributed by atoms with E-state index in [9.17, 15) is 12.8 Å². The molecule has 3 nitrogen and oxygen atoms in total. The van der Waals surface area contributed by atoms with Gasteiger partial charge in [0.2, 0.25) is 0 Å². The van der Waals surface area contributed by atoms with Gasteiger partial charge in [-0.15, -0.1) is 0 Å². The SMILES string of the molecule is Nc1ccc(Cl)cc1/C=C/S(=O)(=O)Cc1ccc(F)cc1. The standard InChI is InChI=1S/C15H13ClFNO2S/c16-13-3-6-15(18)12(9-13)7-8-21(19,20)10-11-1-4-14(17)5-2-11/h1-9H,10,18H2/b8-7+. The molecule has 0 saturated heterocycles. The van der Waals surface area contributed by atoms with Crippen molar-refractivity contribution >= 4 is 33.2 Å². The molecule has 2 N–H and O–H groups in total. The van der Waals surface area contributed by atoms with Gasteiger partial charge < -0.3 is 5.73 Å². The van der Waals surface area contributed by atoms with E-state index in [4.69, 9.17) is 17.3 Å². The van der Waals surface area contributed by atoms with E-state index >= 15 is 0 Å². The summed E-state index contributed by atoms with van der Waals surface area (Å²) in [5.74, 6) is -0.608. The Kier molecular flexibility index (Phi) is 4.65. The lowest BCUT2D eigenvalue weighted by atomic mass is 10.2. The normalized spacial score (nSPS) is 11.9. The summed E-state index contributed by atoms with van der Waals surface area (Å²) in [5, 5.41) is 1.55. The number of rotatable bonds is 4. The highest BCUT2D eigenvalue weighted by molar-refractivity contribution is 7.93. The summed E-state index contributed by atoms with van der Waals surface area (Å²) < 4.78 is 36.8. The van der Waals surface area contributed by atoms with Gasteiger partial charge in [-0.25, -0.2) is 12.8 Å². The van der Waals surface area contributed by atoms with E-state index in [1.165, 1.54) is 30.3 Å². The number of hydrogen-bond donors (Lipinski definition) is 1. The van der Waals surface area contributed by atoms with E-state index in [1.807, 2.05) is 0 Å². The Hall–Kier alpha value is -1.85. The first kappa shape index (κ1) is 15.5. The second-order valence-electron chi connectivity index (χ2n) is 4.51. The third-order valence-corrected chi connectivity index (χ3v) is 4.31. The van der Waals surface area contributed by atoms with Gasteiger partial charge in [0.05, 0.1) is 5.75 Å². The van der Waals surface area contributed by atoms with Crippen molar-refractivity contribution in [1.29, 1.82) is 0 Å². The molecule has 0 fully saturated rings. The van der Waals surface area contributed by atoms with Crippen LogP contribution in [-0.4, -0.2) is 8.42 Å². The maximum absolute atomic E-state index is 12.8. The zero-order valence-electron chi connectivity index (χ0n) is 11.0. The molecule has 0 aliphatic heterocycles. The van der Waals surface area contributed by atoms with Crippen molar-refractivity contribution in [2.45, 2.75) is 5.75 Å². The number of nitrogen functional groups attached to an aromatic ring is 1. The Morgan fingerprint density at radius 2 is 1.81 bits per heavy atom. The van der Waals surface area contributed by atoms with Gasteiger partial charge in [0.25, 0.3) is 0 Å². The lowest BCUT2D eigenvalue weighted by Gasteiger charge is -2.02. The van der Waals surface area contributed by atoms with Crippen molar-refractivity contribution in [3.05, 3.63) is 69.8 Å². The third-order valence-electron chi connectivity index (χ3n) is 2.78. The zero-order chi connectivity index (χ0) is 15.5. The fourth-order valence-corrected chi connectivity index (χ4v) is 3.02. The van der Waals surface area contributed by atoms with Crippen LogP contribution in [0.2, 0.25) is 5.02 Å². The minimum Gasteiger partial charge on any atom is -0.398 e. The molecule has 0 saturated carbocycles. The van der Waals surface area contributed by atoms with Gasteiger partial charge in [-0.2, -0.15) is 0 Å². The average Bonchev–Trinajstić information content (AvgIpc) is 2.42. The number of nitrogens with two attached hydrogens (primary N) is 1. The largest absolute Gasteiger partial charge is 0.398 e. The number of benzene rings is 2. The molecule has 110 valence electrons. The molecule has 0 aromatic heterocycles. The zero-order valence-corrected chi connectivity index (χ0v) is 12.5. The predicted molar refractivity (Wildman–Crippen MR) is 83.9 cm³/mol. The summed E-state index contributed by atoms with van der Waals surface area (Å²) in [7, 11) is -3.48. The molecule has 6 heteroatoms. The monoisotopic (exact) mass is 325 g/mol. The first-order valence-electron chi connectivity index (χ1n) is 6.06. The van der Waals surface area contributed by atoms with Gasteiger partial charge in [-0.1, -0.05) is 23.7 Å². The van der Waals surface area contributed by atoms with E-state index in [-0.39, 0.29) is 5.75 Å². The molecule has 0 aliphatic rings. The fraction of sp³-hybridized carbons (Fsp3) is 0.0667. The van der Waals surface area contributed by atoms with Crippen LogP contribution in [0.15, 0.2) is 47.9 Å². The molecule has 0 bridgehead atoms. The van der Waals surface area contributed by atoms with E-state index in [0.717, 1.165) is 5.41 Å². The van der Waals surface area contributed by atoms with Crippen LogP contribution in [0.3, 0.4) is 0 Å². The first-order chi connectivity index (χ1) is 9.85. The highest BCUT2D eigenvalue weighted by Crippen LogP contribution is 2.20. The molecular formula is C15H13ClFNO2S. The highest BCUT2D eigenvalue weighted by atomic mass is 35.5. The number of hydrogen-bond acceptors (Lipinski definition) is 3. The van der Waals surface area contributed by atoms with Crippen LogP contribution in [0.1, 0.15) is 11.1 Å². The van der Waals surface area contributed by atoms with Gasteiger partial charge >= 0.3 is 0 Å². The lowest BCUT2D eigenvalue weighted by Crippen LogP contribution is -2.00. The number of halogens is 2. The van der Waals surface area contributed by atoms with Crippen LogP contribution in [-0.2, 0) is 15.6 Å². The van der Waals surface area contributed by atoms with Crippen molar-refractivity contribution in [1.82, 2.24) is 0 Å². The molecule has 2 aromatic carbocycles. The van der Waals surface area contributed by atoms with Crippen molar-refractivity contribution < 1.29 is 12.8 Å². The van der Waals surface area contributed by atoms with Crippen LogP contribution < -0.4 is 5.73 Å². The smallest absolute Gasteiger partial charge is 0.175 e. The molecule has 0 unspecified atom stereocenters. The summed E-state index contributed by atoms with van der Waals surface area (Å²) in [6.45, 7) is 0. The predicted octanol–water partition coefficient (Wildman–Crippen LogP) is 3.65. The summed E-state index contributed by atoms with van der Waals surface area (Å²) in [6.07, 6.45) is 1.40. The first-order valence-corrected chi connectivity index (χ1v) is 8.15. The lowest BCUT2D eigenvalue weighted by molar-refractivity contribution is 0.603. The van der Waals surface area contributed by atoms with Gasteiger partial charge in [-0.05, 0) is 47.5 Å². The molecular weight excluding hydrogens is 313 g/mol. The average molecular weight is 326 g/mol. The minimum atomic E-state index is -3.48. The summed E-state index contributed by atoms with van der Waals surface area (Å²) in [6, 6.07) is 10.1. The van der Waals surface area contributed by atoms with Gasteiger partial charge in [0.15, 0.2) is 9.84 Å². The van der Waals surface area contributed by atoms with Crippen molar-refractivity contribution in [3.63, 3.8) is 0 Å². The van der Waals surface area contributed by atoms with Crippen molar-refractivity contribution in [2.75, 3.05) is 5.73 Å². The summed E-state index contributed by atoms with van der Waals surface area (Å²) in [4.78, 5) is 0. The molecule has 2 aromatic rings. The summed E-state index contributed by atoms with van der Waals surface area (Å²) in [5.41, 5.74) is 7.23. The molecule has 0 atom stereocenters. The van der Waals surface area contributed by atoms with E-state index in [0.29, 0.717) is 21.8 Å². The molecule has 0 aliphatic carbocycles. The van der Waals surface area contributed by atoms with Gasteiger partial charge in [0, 0.05) is 16.1 Å². The van der Waals surface area contributed by atoms with E-state index in [2.05, 4.69) is 0 Å². The van der Waals surface area contributed by atoms with Crippen LogP contribution in [0.5, 0.6) is 0 Å². The molecule has 21 heavy (non-hydrogen) atoms. The summed E-state index contributed by atoms with van der Waals surface area (Å²) >= 11 is 5.84. The van der Waals surface area contributed by atoms with Crippen LogP contribution in [0, 0.1) is 5.82 Å². The van der Waals surface area contributed by atoms with Crippen LogP contribution in [0.4, 0.5) is 10.1 Å². The van der Waals surface area contributed by atoms with Gasteiger partial charge in [0.1, 0.15) is 5.82 Å². The molecule has 0 heterocycles. The third kappa shape index (κ3) is 4.58. The Morgan fingerprint density at radius 1 is 1.14 bits per heavy atom. The van der Waals surface area contributed by atoms with Crippen molar-refractivity contribution in [3.8, 4) is 0 Å². The van der Waals surface area contributed by atoms with E-state index < -0.39 is 15.7 Å². The molecule has 2 rings (SSSR count). The minimum absolute atomic E-state index is 0.204. The maximum Gasteiger partial charge on any atom is 0.175 e.